The fourth-order valence-electron chi connectivity index (χ4n) is 0.908. The molecule has 50 valence electrons. The minimum absolute atomic E-state index is 1.05. The lowest BCUT2D eigenvalue weighted by molar-refractivity contribution is 1.16. The molecule has 0 amide bonds. The number of aromatic nitrogens is 2. The molecule has 0 saturated heterocycles. The first-order valence-electron chi connectivity index (χ1n) is 3.01. The quantitative estimate of drug-likeness (QED) is 0.574. The van der Waals surface area contributed by atoms with Gasteiger partial charge in [0.05, 0.1) is 5.52 Å². The maximum atomic E-state index is 4.10. The van der Waals surface area contributed by atoms with Crippen LogP contribution >= 0.6 is 11.3 Å². The van der Waals surface area contributed by atoms with Gasteiger partial charge in [0.1, 0.15) is 6.33 Å². The van der Waals surface area contributed by atoms with Crippen molar-refractivity contribution in [3.8, 4) is 0 Å². The van der Waals surface area contributed by atoms with Gasteiger partial charge in [-0.15, -0.1) is 11.3 Å². The maximum absolute atomic E-state index is 4.10. The molecule has 0 radical (unpaired) electrons. The van der Waals surface area contributed by atoms with Crippen molar-refractivity contribution in [2.75, 3.05) is 0 Å². The molecule has 0 spiro atoms. The van der Waals surface area contributed by atoms with Crippen LogP contribution in [0.1, 0.15) is 5.69 Å². The lowest BCUT2D eigenvalue weighted by atomic mass is 10.3. The summed E-state index contributed by atoms with van der Waals surface area (Å²) < 4.78 is 0. The Morgan fingerprint density at radius 1 is 1.30 bits per heavy atom. The monoisotopic (exact) mass is 150 g/mol. The van der Waals surface area contributed by atoms with Crippen LogP contribution in [0.15, 0.2) is 17.1 Å². The normalized spacial score (nSPS) is 10.5. The van der Waals surface area contributed by atoms with Crippen molar-refractivity contribution in [2.45, 2.75) is 6.92 Å². The smallest absolute Gasteiger partial charge is 0.116 e. The van der Waals surface area contributed by atoms with Crippen molar-refractivity contribution < 1.29 is 0 Å². The molecule has 0 aromatic carbocycles. The first-order valence-corrected chi connectivity index (χ1v) is 3.96. The van der Waals surface area contributed by atoms with E-state index in [0.29, 0.717) is 0 Å². The molecule has 2 rings (SSSR count). The van der Waals surface area contributed by atoms with Crippen LogP contribution in [0.3, 0.4) is 0 Å². The molecule has 10 heavy (non-hydrogen) atoms. The molecule has 3 heteroatoms. The highest BCUT2D eigenvalue weighted by Gasteiger charge is 1.97. The van der Waals surface area contributed by atoms with Crippen molar-refractivity contribution in [2.24, 2.45) is 0 Å². The molecule has 0 atom stereocenters. The third-order valence-corrected chi connectivity index (χ3v) is 2.21. The van der Waals surface area contributed by atoms with Crippen LogP contribution in [0.4, 0.5) is 0 Å². The van der Waals surface area contributed by atoms with Gasteiger partial charge in [-0.3, -0.25) is 0 Å². The molecule has 0 saturated carbocycles. The van der Waals surface area contributed by atoms with Crippen molar-refractivity contribution in [1.82, 2.24) is 9.97 Å². The van der Waals surface area contributed by atoms with E-state index in [4.69, 9.17) is 0 Å². The highest BCUT2D eigenvalue weighted by atomic mass is 32.1. The number of fused-ring (bicyclic) bond motifs is 1. The summed E-state index contributed by atoms with van der Waals surface area (Å²) in [7, 11) is 0. The lowest BCUT2D eigenvalue weighted by Gasteiger charge is -1.90. The van der Waals surface area contributed by atoms with Crippen molar-refractivity contribution >= 4 is 22.2 Å². The van der Waals surface area contributed by atoms with Crippen LogP contribution in [0.25, 0.3) is 10.9 Å². The van der Waals surface area contributed by atoms with Crippen LogP contribution in [0.2, 0.25) is 0 Å². The number of aryl methyl sites for hydroxylation is 1. The van der Waals surface area contributed by atoms with E-state index < -0.39 is 0 Å². The Bertz CT molecular complexity index is 353. The molecule has 2 nitrogen and oxygen atoms in total. The Labute approximate surface area is 62.6 Å². The minimum Gasteiger partial charge on any atom is -0.241 e. The van der Waals surface area contributed by atoms with Gasteiger partial charge in [0, 0.05) is 21.8 Å². The third kappa shape index (κ3) is 0.708. The van der Waals surface area contributed by atoms with E-state index in [2.05, 4.69) is 15.3 Å². The van der Waals surface area contributed by atoms with Gasteiger partial charge >= 0.3 is 0 Å². The molecule has 0 aliphatic rings. The zero-order chi connectivity index (χ0) is 6.97. The average molecular weight is 150 g/mol. The van der Waals surface area contributed by atoms with Crippen LogP contribution in [-0.4, -0.2) is 9.97 Å². The molecule has 2 heterocycles. The minimum atomic E-state index is 1.05. The van der Waals surface area contributed by atoms with Crippen molar-refractivity contribution in [3.63, 3.8) is 0 Å². The van der Waals surface area contributed by atoms with Gasteiger partial charge in [0.2, 0.25) is 0 Å². The summed E-state index contributed by atoms with van der Waals surface area (Å²) in [5.41, 5.74) is 2.11. The second-order valence-electron chi connectivity index (χ2n) is 2.13. The Kier molecular flexibility index (Phi) is 1.17. The summed E-state index contributed by atoms with van der Waals surface area (Å²) in [6, 6.07) is 0. The average Bonchev–Trinajstić information content (AvgIpc) is 2.36. The van der Waals surface area contributed by atoms with E-state index in [0.717, 1.165) is 11.2 Å². The van der Waals surface area contributed by atoms with Crippen LogP contribution in [0.5, 0.6) is 0 Å². The summed E-state index contributed by atoms with van der Waals surface area (Å²) in [6.07, 6.45) is 1.60. The molecule has 0 N–H and O–H groups in total. The van der Waals surface area contributed by atoms with Gasteiger partial charge in [-0.1, -0.05) is 0 Å². The summed E-state index contributed by atoms with van der Waals surface area (Å²) in [5.74, 6) is 0. The number of nitrogens with zero attached hydrogens (tertiary/aromatic N) is 2. The second kappa shape index (κ2) is 2.02. The van der Waals surface area contributed by atoms with E-state index in [-0.39, 0.29) is 0 Å². The summed E-state index contributed by atoms with van der Waals surface area (Å²) in [4.78, 5) is 8.18. The SMILES string of the molecule is Cc1ncnc2cscc12. The van der Waals surface area contributed by atoms with Gasteiger partial charge in [-0.05, 0) is 6.92 Å². The van der Waals surface area contributed by atoms with E-state index in [9.17, 15) is 0 Å². The fourth-order valence-corrected chi connectivity index (χ4v) is 1.72. The van der Waals surface area contributed by atoms with Crippen molar-refractivity contribution in [1.29, 1.82) is 0 Å². The second-order valence-corrected chi connectivity index (χ2v) is 2.87. The number of hydrogen-bond acceptors (Lipinski definition) is 3. The number of rotatable bonds is 0. The van der Waals surface area contributed by atoms with Crippen LogP contribution in [0, 0.1) is 6.92 Å². The molecule has 0 aliphatic heterocycles. The zero-order valence-electron chi connectivity index (χ0n) is 5.53. The lowest BCUT2D eigenvalue weighted by Crippen LogP contribution is -1.81. The highest BCUT2D eigenvalue weighted by Crippen LogP contribution is 2.17. The molecule has 0 unspecified atom stereocenters. The Balaban J connectivity index is 2.95. The van der Waals surface area contributed by atoms with Gasteiger partial charge in [-0.2, -0.15) is 0 Å². The Morgan fingerprint density at radius 2 is 2.20 bits per heavy atom. The number of hydrogen-bond donors (Lipinski definition) is 0. The summed E-state index contributed by atoms with van der Waals surface area (Å²) >= 11 is 1.66. The van der Waals surface area contributed by atoms with Gasteiger partial charge in [0.15, 0.2) is 0 Å². The molecule has 0 bridgehead atoms. The van der Waals surface area contributed by atoms with E-state index in [1.165, 1.54) is 5.39 Å². The molecular formula is C7H6N2S. The van der Waals surface area contributed by atoms with Gasteiger partial charge in [0.25, 0.3) is 0 Å². The van der Waals surface area contributed by atoms with Crippen LogP contribution < -0.4 is 0 Å². The molecular weight excluding hydrogens is 144 g/mol. The Morgan fingerprint density at radius 3 is 3.00 bits per heavy atom. The molecule has 0 aliphatic carbocycles. The maximum Gasteiger partial charge on any atom is 0.116 e. The van der Waals surface area contributed by atoms with Gasteiger partial charge in [-0.25, -0.2) is 9.97 Å². The van der Waals surface area contributed by atoms with Crippen LogP contribution in [-0.2, 0) is 0 Å². The Hall–Kier alpha value is -0.960. The summed E-state index contributed by atoms with van der Waals surface area (Å²) in [6.45, 7) is 2.00. The van der Waals surface area contributed by atoms with E-state index in [1.54, 1.807) is 17.7 Å². The zero-order valence-corrected chi connectivity index (χ0v) is 6.35. The first kappa shape index (κ1) is 5.80. The predicted octanol–water partition coefficient (Wildman–Crippen LogP) is 2.00. The molecule has 2 aromatic rings. The molecule has 2 aromatic heterocycles. The van der Waals surface area contributed by atoms with Gasteiger partial charge < -0.3 is 0 Å². The van der Waals surface area contributed by atoms with Crippen molar-refractivity contribution in [3.05, 3.63) is 22.8 Å². The predicted molar refractivity (Wildman–Crippen MR) is 42.2 cm³/mol. The first-order chi connectivity index (χ1) is 4.88. The van der Waals surface area contributed by atoms with E-state index in [1.807, 2.05) is 12.3 Å². The highest BCUT2D eigenvalue weighted by molar-refractivity contribution is 7.09. The summed E-state index contributed by atoms with van der Waals surface area (Å²) in [5, 5.41) is 5.28. The fraction of sp³-hybridized carbons (Fsp3) is 0.143. The number of thiophene rings is 1. The standard InChI is InChI=1S/C7H6N2S/c1-5-6-2-10-3-7(6)9-4-8-5/h2-4H,1H3. The largest absolute Gasteiger partial charge is 0.241 e. The molecule has 0 fully saturated rings. The van der Waals surface area contributed by atoms with E-state index >= 15 is 0 Å². The third-order valence-electron chi connectivity index (χ3n) is 1.48. The topological polar surface area (TPSA) is 25.8 Å².